The molecule has 0 spiro atoms. The van der Waals surface area contributed by atoms with Gasteiger partial charge in [-0.05, 0) is 29.5 Å². The van der Waals surface area contributed by atoms with Gasteiger partial charge in [0.25, 0.3) is 0 Å². The molecule has 0 aliphatic heterocycles. The number of aryl methyl sites for hydroxylation is 1. The van der Waals surface area contributed by atoms with Gasteiger partial charge in [0.2, 0.25) is 5.91 Å². The van der Waals surface area contributed by atoms with Crippen molar-refractivity contribution in [1.82, 2.24) is 5.32 Å². The van der Waals surface area contributed by atoms with Crippen LogP contribution < -0.4 is 5.32 Å². The fourth-order valence-electron chi connectivity index (χ4n) is 1.91. The Morgan fingerprint density at radius 1 is 1.24 bits per heavy atom. The van der Waals surface area contributed by atoms with Crippen molar-refractivity contribution in [1.29, 1.82) is 0 Å². The number of carboxylic acids is 1. The predicted octanol–water partition coefficient (Wildman–Crippen LogP) is 2.74. The van der Waals surface area contributed by atoms with Crippen molar-refractivity contribution < 1.29 is 14.7 Å². The van der Waals surface area contributed by atoms with Crippen LogP contribution in [0.3, 0.4) is 0 Å². The number of carbonyl (C=O) groups is 2. The van der Waals surface area contributed by atoms with Gasteiger partial charge in [-0.3, -0.25) is 9.59 Å². The van der Waals surface area contributed by atoms with Crippen LogP contribution in [-0.4, -0.2) is 23.5 Å². The number of nitrogens with one attached hydrogen (secondary N) is 1. The lowest BCUT2D eigenvalue weighted by Crippen LogP contribution is -2.34. The third-order valence-corrected chi connectivity index (χ3v) is 3.43. The monoisotopic (exact) mass is 289 g/mol. The molecule has 0 bridgehead atoms. The van der Waals surface area contributed by atoms with Crippen molar-refractivity contribution in [3.63, 3.8) is 0 Å². The van der Waals surface area contributed by atoms with Gasteiger partial charge in [0.15, 0.2) is 0 Å². The molecule has 0 heterocycles. The third-order valence-electron chi connectivity index (χ3n) is 3.43. The van der Waals surface area contributed by atoms with Crippen molar-refractivity contribution >= 4 is 18.0 Å². The Kier molecular flexibility index (Phi) is 6.66. The van der Waals surface area contributed by atoms with Gasteiger partial charge in [0, 0.05) is 12.6 Å². The molecule has 0 radical (unpaired) electrons. The molecule has 0 aliphatic rings. The largest absolute Gasteiger partial charge is 0.481 e. The van der Waals surface area contributed by atoms with Gasteiger partial charge in [-0.1, -0.05) is 45.0 Å². The molecule has 0 saturated heterocycles. The minimum Gasteiger partial charge on any atom is -0.481 e. The van der Waals surface area contributed by atoms with Crippen LogP contribution in [0.2, 0.25) is 0 Å². The van der Waals surface area contributed by atoms with Crippen LogP contribution in [0.25, 0.3) is 6.08 Å². The molecular formula is C17H23NO3. The highest BCUT2D eigenvalue weighted by Crippen LogP contribution is 2.10. The summed E-state index contributed by atoms with van der Waals surface area (Å²) in [6, 6.07) is 7.96. The number of aliphatic carboxylic acids is 1. The lowest BCUT2D eigenvalue weighted by atomic mass is 9.96. The van der Waals surface area contributed by atoms with Gasteiger partial charge < -0.3 is 10.4 Å². The standard InChI is InChI=1S/C17H23NO3/c1-4-13-5-7-14(8-6-13)9-10-16(19)18-11-15(12(2)3)17(20)21/h5-10,12,15H,4,11H2,1-3H3,(H,18,19)(H,20,21). The zero-order valence-corrected chi connectivity index (χ0v) is 12.8. The van der Waals surface area contributed by atoms with E-state index in [0.29, 0.717) is 0 Å². The zero-order valence-electron chi connectivity index (χ0n) is 12.8. The van der Waals surface area contributed by atoms with Crippen molar-refractivity contribution in [3.05, 3.63) is 41.5 Å². The number of benzene rings is 1. The van der Waals surface area contributed by atoms with Crippen LogP contribution in [0.15, 0.2) is 30.3 Å². The molecule has 2 N–H and O–H groups in total. The predicted molar refractivity (Wildman–Crippen MR) is 83.8 cm³/mol. The van der Waals surface area contributed by atoms with E-state index in [0.717, 1.165) is 12.0 Å². The van der Waals surface area contributed by atoms with E-state index in [1.807, 2.05) is 38.1 Å². The first-order valence-electron chi connectivity index (χ1n) is 7.21. The summed E-state index contributed by atoms with van der Waals surface area (Å²) in [7, 11) is 0. The van der Waals surface area contributed by atoms with Crippen molar-refractivity contribution in [2.45, 2.75) is 27.2 Å². The quantitative estimate of drug-likeness (QED) is 0.758. The number of hydrogen-bond acceptors (Lipinski definition) is 2. The molecule has 4 nitrogen and oxygen atoms in total. The molecule has 1 rings (SSSR count). The van der Waals surface area contributed by atoms with Gasteiger partial charge in [0.05, 0.1) is 5.92 Å². The summed E-state index contributed by atoms with van der Waals surface area (Å²) in [5.41, 5.74) is 2.19. The van der Waals surface area contributed by atoms with E-state index >= 15 is 0 Å². The second kappa shape index (κ2) is 8.25. The molecule has 0 saturated carbocycles. The van der Waals surface area contributed by atoms with Crippen molar-refractivity contribution in [2.24, 2.45) is 11.8 Å². The average Bonchev–Trinajstić information content (AvgIpc) is 2.45. The molecule has 0 fully saturated rings. The smallest absolute Gasteiger partial charge is 0.308 e. The maximum atomic E-state index is 11.7. The number of carboxylic acid groups (broad SMARTS) is 1. The molecule has 114 valence electrons. The lowest BCUT2D eigenvalue weighted by Gasteiger charge is -2.15. The Labute approximate surface area is 125 Å². The van der Waals surface area contributed by atoms with E-state index in [-0.39, 0.29) is 18.4 Å². The Bertz CT molecular complexity index is 503. The van der Waals surface area contributed by atoms with Crippen molar-refractivity contribution in [2.75, 3.05) is 6.54 Å². The molecule has 1 atom stereocenters. The lowest BCUT2D eigenvalue weighted by molar-refractivity contribution is -0.143. The Morgan fingerprint density at radius 3 is 2.33 bits per heavy atom. The SMILES string of the molecule is CCc1ccc(C=CC(=O)NCC(C(=O)O)C(C)C)cc1. The number of carbonyl (C=O) groups excluding carboxylic acids is 1. The second-order valence-electron chi connectivity index (χ2n) is 5.36. The first kappa shape index (κ1) is 17.0. The van der Waals surface area contributed by atoms with Gasteiger partial charge in [0.1, 0.15) is 0 Å². The van der Waals surface area contributed by atoms with Crippen LogP contribution in [0, 0.1) is 11.8 Å². The zero-order chi connectivity index (χ0) is 15.8. The molecule has 1 unspecified atom stereocenters. The summed E-state index contributed by atoms with van der Waals surface area (Å²) in [6.45, 7) is 5.89. The summed E-state index contributed by atoms with van der Waals surface area (Å²) in [6.07, 6.45) is 4.14. The van der Waals surface area contributed by atoms with E-state index in [4.69, 9.17) is 5.11 Å². The van der Waals surface area contributed by atoms with Crippen LogP contribution in [0.4, 0.5) is 0 Å². The minimum absolute atomic E-state index is 0.0200. The summed E-state index contributed by atoms with van der Waals surface area (Å²) in [5, 5.41) is 11.7. The first-order chi connectivity index (χ1) is 9.93. The molecule has 4 heteroatoms. The molecule has 0 aliphatic carbocycles. The second-order valence-corrected chi connectivity index (χ2v) is 5.36. The van der Waals surface area contributed by atoms with E-state index in [9.17, 15) is 9.59 Å². The normalized spacial score (nSPS) is 12.6. The Balaban J connectivity index is 2.52. The van der Waals surface area contributed by atoms with Crippen LogP contribution in [0.1, 0.15) is 31.9 Å². The third kappa shape index (κ3) is 5.81. The van der Waals surface area contributed by atoms with Gasteiger partial charge in [-0.2, -0.15) is 0 Å². The summed E-state index contributed by atoms with van der Waals surface area (Å²) in [4.78, 5) is 22.7. The molecule has 0 aromatic heterocycles. The molecule has 21 heavy (non-hydrogen) atoms. The van der Waals surface area contributed by atoms with Crippen molar-refractivity contribution in [3.8, 4) is 0 Å². The highest BCUT2D eigenvalue weighted by molar-refractivity contribution is 5.91. The topological polar surface area (TPSA) is 66.4 Å². The minimum atomic E-state index is -0.885. The van der Waals surface area contributed by atoms with E-state index in [1.165, 1.54) is 11.6 Å². The van der Waals surface area contributed by atoms with E-state index in [2.05, 4.69) is 12.2 Å². The molecule has 1 amide bonds. The Morgan fingerprint density at radius 2 is 1.86 bits per heavy atom. The van der Waals surface area contributed by atoms with Gasteiger partial charge >= 0.3 is 5.97 Å². The number of hydrogen-bond donors (Lipinski definition) is 2. The van der Waals surface area contributed by atoms with Crippen LogP contribution in [0.5, 0.6) is 0 Å². The highest BCUT2D eigenvalue weighted by atomic mass is 16.4. The number of amides is 1. The van der Waals surface area contributed by atoms with Gasteiger partial charge in [-0.25, -0.2) is 0 Å². The van der Waals surface area contributed by atoms with Crippen LogP contribution >= 0.6 is 0 Å². The molecule has 1 aromatic rings. The number of rotatable bonds is 7. The highest BCUT2D eigenvalue weighted by Gasteiger charge is 2.21. The summed E-state index contributed by atoms with van der Waals surface area (Å²) >= 11 is 0. The first-order valence-corrected chi connectivity index (χ1v) is 7.21. The molecular weight excluding hydrogens is 266 g/mol. The maximum absolute atomic E-state index is 11.7. The van der Waals surface area contributed by atoms with E-state index < -0.39 is 11.9 Å². The average molecular weight is 289 g/mol. The molecule has 1 aromatic carbocycles. The van der Waals surface area contributed by atoms with E-state index in [1.54, 1.807) is 6.08 Å². The van der Waals surface area contributed by atoms with Crippen LogP contribution in [-0.2, 0) is 16.0 Å². The maximum Gasteiger partial charge on any atom is 0.308 e. The van der Waals surface area contributed by atoms with Gasteiger partial charge in [-0.15, -0.1) is 0 Å². The fraction of sp³-hybridized carbons (Fsp3) is 0.412. The fourth-order valence-corrected chi connectivity index (χ4v) is 1.91. The summed E-state index contributed by atoms with van der Waals surface area (Å²) < 4.78 is 0. The summed E-state index contributed by atoms with van der Waals surface area (Å²) in [5.74, 6) is -1.74. The Hall–Kier alpha value is -2.10.